The molecule has 7 heteroatoms. The first-order chi connectivity index (χ1) is 13.4. The highest BCUT2D eigenvalue weighted by atomic mass is 16.4. The average molecular weight is 373 g/mol. The van der Waals surface area contributed by atoms with Crippen LogP contribution in [-0.2, 0) is 0 Å². The Kier molecular flexibility index (Phi) is 4.12. The Morgan fingerprint density at radius 3 is 2.14 bits per heavy atom. The van der Waals surface area contributed by atoms with Crippen molar-refractivity contribution in [3.8, 4) is 22.5 Å². The summed E-state index contributed by atoms with van der Waals surface area (Å²) < 4.78 is 0. The number of carbonyl (C=O) groups is 2. The minimum Gasteiger partial charge on any atom is -0.478 e. The van der Waals surface area contributed by atoms with Crippen LogP contribution in [0.15, 0.2) is 54.6 Å². The third-order valence-electron chi connectivity index (χ3n) is 4.52. The zero-order valence-electron chi connectivity index (χ0n) is 14.8. The normalized spacial score (nSPS) is 10.9. The van der Waals surface area contributed by atoms with Gasteiger partial charge in [0, 0.05) is 11.1 Å². The zero-order chi connectivity index (χ0) is 19.8. The van der Waals surface area contributed by atoms with Crippen molar-refractivity contribution in [1.82, 2.24) is 15.2 Å². The van der Waals surface area contributed by atoms with Gasteiger partial charge in [-0.2, -0.15) is 5.10 Å². The molecule has 0 unspecified atom stereocenters. The Balaban J connectivity index is 1.89. The van der Waals surface area contributed by atoms with Gasteiger partial charge in [0.2, 0.25) is 0 Å². The van der Waals surface area contributed by atoms with Gasteiger partial charge < -0.3 is 10.2 Å². The number of nitrogens with zero attached hydrogens (tertiary/aromatic N) is 2. The number of fused-ring (bicyclic) bond motifs is 1. The summed E-state index contributed by atoms with van der Waals surface area (Å²) in [7, 11) is 0. The molecule has 0 saturated heterocycles. The largest absolute Gasteiger partial charge is 0.478 e. The van der Waals surface area contributed by atoms with E-state index in [-0.39, 0.29) is 16.8 Å². The lowest BCUT2D eigenvalue weighted by Crippen LogP contribution is -2.01. The molecule has 0 atom stereocenters. The van der Waals surface area contributed by atoms with Crippen LogP contribution in [0.25, 0.3) is 33.5 Å². The van der Waals surface area contributed by atoms with Gasteiger partial charge in [0.15, 0.2) is 5.65 Å². The van der Waals surface area contributed by atoms with Crippen molar-refractivity contribution in [3.63, 3.8) is 0 Å². The third-order valence-corrected chi connectivity index (χ3v) is 4.52. The summed E-state index contributed by atoms with van der Waals surface area (Å²) in [4.78, 5) is 27.4. The molecule has 7 nitrogen and oxygen atoms in total. The molecule has 0 aliphatic rings. The predicted octanol–water partition coefficient (Wildman–Crippen LogP) is 4.00. The summed E-state index contributed by atoms with van der Waals surface area (Å²) in [6, 6.07) is 15.2. The molecule has 0 saturated carbocycles. The third kappa shape index (κ3) is 2.99. The molecule has 0 radical (unpaired) electrons. The van der Waals surface area contributed by atoms with E-state index in [0.29, 0.717) is 22.3 Å². The van der Waals surface area contributed by atoms with Gasteiger partial charge in [-0.25, -0.2) is 14.6 Å². The highest BCUT2D eigenvalue weighted by Gasteiger charge is 2.19. The molecule has 0 amide bonds. The van der Waals surface area contributed by atoms with E-state index in [4.69, 9.17) is 5.11 Å². The second-order valence-corrected chi connectivity index (χ2v) is 6.41. The Bertz CT molecular complexity index is 1210. The molecule has 0 fully saturated rings. The molecule has 0 bridgehead atoms. The first kappa shape index (κ1) is 17.4. The van der Waals surface area contributed by atoms with Gasteiger partial charge >= 0.3 is 11.9 Å². The molecule has 3 N–H and O–H groups in total. The van der Waals surface area contributed by atoms with Crippen LogP contribution in [-0.4, -0.2) is 37.3 Å². The van der Waals surface area contributed by atoms with Gasteiger partial charge in [-0.15, -0.1) is 0 Å². The van der Waals surface area contributed by atoms with Gasteiger partial charge in [0.05, 0.1) is 27.9 Å². The molecule has 4 rings (SSSR count). The first-order valence-electron chi connectivity index (χ1n) is 8.47. The van der Waals surface area contributed by atoms with Crippen molar-refractivity contribution in [3.05, 3.63) is 71.3 Å². The van der Waals surface area contributed by atoms with Crippen molar-refractivity contribution in [1.29, 1.82) is 0 Å². The number of carboxylic acids is 2. The Labute approximate surface area is 159 Å². The number of H-pyrrole nitrogens is 1. The van der Waals surface area contributed by atoms with Gasteiger partial charge in [-0.3, -0.25) is 5.10 Å². The number of aryl methyl sites for hydroxylation is 1. The minimum absolute atomic E-state index is 0.0756. The highest BCUT2D eigenvalue weighted by Crippen LogP contribution is 2.31. The zero-order valence-corrected chi connectivity index (χ0v) is 14.8. The lowest BCUT2D eigenvalue weighted by atomic mass is 10.0. The van der Waals surface area contributed by atoms with Crippen LogP contribution in [0.4, 0.5) is 0 Å². The molecule has 2 heterocycles. The number of aromatic amines is 1. The summed E-state index contributed by atoms with van der Waals surface area (Å²) in [5.41, 5.74) is 4.02. The average Bonchev–Trinajstić information content (AvgIpc) is 3.12. The van der Waals surface area contributed by atoms with Crippen LogP contribution in [0.5, 0.6) is 0 Å². The van der Waals surface area contributed by atoms with E-state index < -0.39 is 11.9 Å². The SMILES string of the molecule is Cc1ccc(-c2[nH]nc3nc(-c4ccc(C(=O)O)cc4)cc(C(=O)O)c23)cc1. The van der Waals surface area contributed by atoms with Crippen LogP contribution in [0, 0.1) is 6.92 Å². The molecular formula is C21H15N3O4. The lowest BCUT2D eigenvalue weighted by Gasteiger charge is -2.06. The fourth-order valence-electron chi connectivity index (χ4n) is 3.05. The van der Waals surface area contributed by atoms with Crippen LogP contribution in [0.3, 0.4) is 0 Å². The van der Waals surface area contributed by atoms with Gasteiger partial charge in [0.25, 0.3) is 0 Å². The van der Waals surface area contributed by atoms with Crippen LogP contribution in [0.2, 0.25) is 0 Å². The maximum Gasteiger partial charge on any atom is 0.336 e. The monoisotopic (exact) mass is 373 g/mol. The first-order valence-corrected chi connectivity index (χ1v) is 8.47. The van der Waals surface area contributed by atoms with Crippen molar-refractivity contribution < 1.29 is 19.8 Å². The van der Waals surface area contributed by atoms with Crippen LogP contribution >= 0.6 is 0 Å². The number of pyridine rings is 1. The molecule has 0 aliphatic heterocycles. The lowest BCUT2D eigenvalue weighted by molar-refractivity contribution is 0.0687. The van der Waals surface area contributed by atoms with Crippen LogP contribution < -0.4 is 0 Å². The maximum atomic E-state index is 11.9. The number of aromatic carboxylic acids is 2. The number of benzene rings is 2. The van der Waals surface area contributed by atoms with E-state index in [1.54, 1.807) is 12.1 Å². The summed E-state index contributed by atoms with van der Waals surface area (Å²) >= 11 is 0. The van der Waals surface area contributed by atoms with E-state index in [9.17, 15) is 14.7 Å². The maximum absolute atomic E-state index is 11.9. The van der Waals surface area contributed by atoms with Crippen molar-refractivity contribution in [2.45, 2.75) is 6.92 Å². The second-order valence-electron chi connectivity index (χ2n) is 6.41. The molecule has 4 aromatic rings. The van der Waals surface area contributed by atoms with Crippen LogP contribution in [0.1, 0.15) is 26.3 Å². The van der Waals surface area contributed by atoms with Crippen molar-refractivity contribution >= 4 is 23.0 Å². The highest BCUT2D eigenvalue weighted by molar-refractivity contribution is 6.08. The summed E-state index contributed by atoms with van der Waals surface area (Å²) in [6.45, 7) is 1.97. The molecular weight excluding hydrogens is 358 g/mol. The molecule has 2 aromatic carbocycles. The number of nitrogens with one attached hydrogen (secondary N) is 1. The van der Waals surface area contributed by atoms with E-state index in [2.05, 4.69) is 15.2 Å². The Morgan fingerprint density at radius 1 is 0.893 bits per heavy atom. The number of rotatable bonds is 4. The van der Waals surface area contributed by atoms with Crippen molar-refractivity contribution in [2.75, 3.05) is 0 Å². The topological polar surface area (TPSA) is 116 Å². The fourth-order valence-corrected chi connectivity index (χ4v) is 3.05. The summed E-state index contributed by atoms with van der Waals surface area (Å²) in [6.07, 6.45) is 0. The standard InChI is InChI=1S/C21H15N3O4/c1-11-2-4-13(5-3-11)18-17-15(21(27)28)10-16(22-19(17)24-23-18)12-6-8-14(9-7-12)20(25)26/h2-10H,1H3,(H,25,26)(H,27,28)(H,22,23,24). The molecule has 0 aliphatic carbocycles. The Morgan fingerprint density at radius 2 is 1.54 bits per heavy atom. The number of hydrogen-bond donors (Lipinski definition) is 3. The van der Waals surface area contributed by atoms with E-state index >= 15 is 0 Å². The summed E-state index contributed by atoms with van der Waals surface area (Å²) in [5, 5.41) is 26.3. The second kappa shape index (κ2) is 6.62. The number of aromatic nitrogens is 3. The van der Waals surface area contributed by atoms with E-state index in [1.807, 2.05) is 31.2 Å². The van der Waals surface area contributed by atoms with Gasteiger partial charge in [-0.1, -0.05) is 42.0 Å². The fraction of sp³-hybridized carbons (Fsp3) is 0.0476. The molecule has 0 spiro atoms. The summed E-state index contributed by atoms with van der Waals surface area (Å²) in [5.74, 6) is -2.12. The predicted molar refractivity (Wildman–Crippen MR) is 103 cm³/mol. The molecule has 2 aromatic heterocycles. The van der Waals surface area contributed by atoms with Crippen molar-refractivity contribution in [2.24, 2.45) is 0 Å². The minimum atomic E-state index is -1.09. The number of carboxylic acid groups (broad SMARTS) is 2. The Hall–Kier alpha value is -4.00. The van der Waals surface area contributed by atoms with E-state index in [0.717, 1.165) is 11.1 Å². The molecule has 138 valence electrons. The quantitative estimate of drug-likeness (QED) is 0.498. The smallest absolute Gasteiger partial charge is 0.336 e. The van der Waals surface area contributed by atoms with Gasteiger partial charge in [0.1, 0.15) is 0 Å². The van der Waals surface area contributed by atoms with E-state index in [1.165, 1.54) is 18.2 Å². The van der Waals surface area contributed by atoms with Gasteiger partial charge in [-0.05, 0) is 25.1 Å². The molecule has 28 heavy (non-hydrogen) atoms. The number of hydrogen-bond acceptors (Lipinski definition) is 4.